The lowest BCUT2D eigenvalue weighted by atomic mass is 9.72. The number of benzene rings is 2. The number of carbonyl (C=O) groups excluding carboxylic acids is 1. The summed E-state index contributed by atoms with van der Waals surface area (Å²) in [5.41, 5.74) is 4.28. The summed E-state index contributed by atoms with van der Waals surface area (Å²) >= 11 is 8.26. The smallest absolute Gasteiger partial charge is 0.405 e. The van der Waals surface area contributed by atoms with Crippen LogP contribution in [0.15, 0.2) is 48.5 Å². The van der Waals surface area contributed by atoms with Gasteiger partial charge in [0.2, 0.25) is 0 Å². The standard InChI is InChI=1S/C21H25ClINO4/c1-20(2,3)21(28-19(24)26,13-27-17-9-7-16(23)8-10-17)12-18(25)14-5-4-6-15(22)11-14/h4-11,18,25H,12-13H2,1-3H3,(H2,24,26)/t18-,21?/m1/s1. The molecule has 0 saturated carbocycles. The summed E-state index contributed by atoms with van der Waals surface area (Å²) in [6.07, 6.45) is -1.73. The van der Waals surface area contributed by atoms with Crippen LogP contribution >= 0.6 is 34.2 Å². The first-order chi connectivity index (χ1) is 13.0. The van der Waals surface area contributed by atoms with Crippen LogP contribution in [0, 0.1) is 8.99 Å². The highest BCUT2D eigenvalue weighted by Crippen LogP contribution is 2.41. The predicted molar refractivity (Wildman–Crippen MR) is 119 cm³/mol. The second-order valence-electron chi connectivity index (χ2n) is 7.68. The van der Waals surface area contributed by atoms with E-state index in [0.29, 0.717) is 16.3 Å². The first-order valence-electron chi connectivity index (χ1n) is 8.83. The van der Waals surface area contributed by atoms with Crippen LogP contribution in [0.4, 0.5) is 4.79 Å². The second kappa shape index (κ2) is 9.33. The Morgan fingerprint density at radius 1 is 1.21 bits per heavy atom. The van der Waals surface area contributed by atoms with Gasteiger partial charge in [-0.15, -0.1) is 0 Å². The minimum atomic E-state index is -1.16. The lowest BCUT2D eigenvalue weighted by Gasteiger charge is -2.44. The quantitative estimate of drug-likeness (QED) is 0.487. The Bertz CT molecular complexity index is 807. The lowest BCUT2D eigenvalue weighted by Crippen LogP contribution is -2.53. The number of carbonyl (C=O) groups is 1. The number of aliphatic hydroxyl groups is 1. The Kier molecular flexibility index (Phi) is 7.59. The molecular weight excluding hydrogens is 493 g/mol. The molecule has 2 atom stereocenters. The predicted octanol–water partition coefficient (Wildman–Crippen LogP) is 5.33. The van der Waals surface area contributed by atoms with Crippen molar-refractivity contribution in [2.24, 2.45) is 11.1 Å². The van der Waals surface area contributed by atoms with E-state index >= 15 is 0 Å². The Balaban J connectivity index is 2.32. The highest BCUT2D eigenvalue weighted by molar-refractivity contribution is 14.1. The van der Waals surface area contributed by atoms with Crippen LogP contribution < -0.4 is 10.5 Å². The van der Waals surface area contributed by atoms with Gasteiger partial charge in [-0.05, 0) is 64.6 Å². The van der Waals surface area contributed by atoms with Gasteiger partial charge in [0.1, 0.15) is 12.4 Å². The number of hydrogen-bond donors (Lipinski definition) is 2. The van der Waals surface area contributed by atoms with Crippen LogP contribution in [0.2, 0.25) is 5.02 Å². The van der Waals surface area contributed by atoms with E-state index in [-0.39, 0.29) is 13.0 Å². The van der Waals surface area contributed by atoms with Crippen molar-refractivity contribution in [3.63, 3.8) is 0 Å². The molecule has 3 N–H and O–H groups in total. The van der Waals surface area contributed by atoms with Gasteiger partial charge in [-0.25, -0.2) is 4.79 Å². The van der Waals surface area contributed by atoms with Crippen LogP contribution in [0.5, 0.6) is 5.75 Å². The summed E-state index contributed by atoms with van der Waals surface area (Å²) in [6.45, 7) is 5.78. The van der Waals surface area contributed by atoms with Gasteiger partial charge in [0, 0.05) is 20.4 Å². The third kappa shape index (κ3) is 5.99. The Hall–Kier alpha value is -1.51. The molecule has 0 aliphatic heterocycles. The zero-order chi connectivity index (χ0) is 20.9. The molecule has 1 unspecified atom stereocenters. The largest absolute Gasteiger partial charge is 0.489 e. The molecule has 1 amide bonds. The van der Waals surface area contributed by atoms with Crippen molar-refractivity contribution in [2.75, 3.05) is 6.61 Å². The number of hydrogen-bond acceptors (Lipinski definition) is 4. The lowest BCUT2D eigenvalue weighted by molar-refractivity contribution is -0.116. The van der Waals surface area contributed by atoms with Gasteiger partial charge in [-0.2, -0.15) is 0 Å². The highest BCUT2D eigenvalue weighted by atomic mass is 127. The van der Waals surface area contributed by atoms with Gasteiger partial charge in [0.15, 0.2) is 5.60 Å². The zero-order valence-electron chi connectivity index (χ0n) is 16.1. The number of ether oxygens (including phenoxy) is 2. The van der Waals surface area contributed by atoms with Gasteiger partial charge in [0.05, 0.1) is 6.10 Å². The minimum Gasteiger partial charge on any atom is -0.489 e. The molecule has 152 valence electrons. The van der Waals surface area contributed by atoms with Crippen molar-refractivity contribution < 1.29 is 19.4 Å². The maximum atomic E-state index is 11.7. The van der Waals surface area contributed by atoms with Crippen LogP contribution in [-0.2, 0) is 4.74 Å². The van der Waals surface area contributed by atoms with E-state index in [1.165, 1.54) is 0 Å². The van der Waals surface area contributed by atoms with Crippen molar-refractivity contribution >= 4 is 40.3 Å². The van der Waals surface area contributed by atoms with E-state index in [4.69, 9.17) is 26.8 Å². The Morgan fingerprint density at radius 3 is 2.39 bits per heavy atom. The normalized spacial score (nSPS) is 14.8. The van der Waals surface area contributed by atoms with Crippen LogP contribution in [0.25, 0.3) is 0 Å². The molecule has 2 rings (SSSR count). The molecular formula is C21H25ClINO4. The summed E-state index contributed by atoms with van der Waals surface area (Å²) in [4.78, 5) is 11.7. The first kappa shape index (κ1) is 22.8. The average molecular weight is 518 g/mol. The number of amides is 1. The molecule has 0 aromatic heterocycles. The number of nitrogens with two attached hydrogens (primary N) is 1. The summed E-state index contributed by atoms with van der Waals surface area (Å²) in [6, 6.07) is 14.5. The van der Waals surface area contributed by atoms with Crippen molar-refractivity contribution in [2.45, 2.75) is 38.9 Å². The highest BCUT2D eigenvalue weighted by Gasteiger charge is 2.48. The van der Waals surface area contributed by atoms with Crippen molar-refractivity contribution in [1.82, 2.24) is 0 Å². The van der Waals surface area contributed by atoms with Crippen molar-refractivity contribution in [3.05, 3.63) is 62.7 Å². The third-order valence-electron chi connectivity index (χ3n) is 4.70. The van der Waals surface area contributed by atoms with Gasteiger partial charge in [-0.1, -0.05) is 44.5 Å². The summed E-state index contributed by atoms with van der Waals surface area (Å²) in [5, 5.41) is 11.4. The topological polar surface area (TPSA) is 81.8 Å². The number of rotatable bonds is 7. The Morgan fingerprint density at radius 2 is 1.86 bits per heavy atom. The minimum absolute atomic E-state index is 0.0393. The molecule has 5 nitrogen and oxygen atoms in total. The second-order valence-corrected chi connectivity index (χ2v) is 9.36. The number of halogens is 2. The van der Waals surface area contributed by atoms with Crippen LogP contribution in [0.3, 0.4) is 0 Å². The van der Waals surface area contributed by atoms with E-state index < -0.39 is 23.2 Å². The fourth-order valence-corrected chi connectivity index (χ4v) is 3.43. The van der Waals surface area contributed by atoms with Gasteiger partial charge in [0.25, 0.3) is 0 Å². The fourth-order valence-electron chi connectivity index (χ4n) is 2.87. The van der Waals surface area contributed by atoms with E-state index in [1.54, 1.807) is 24.3 Å². The molecule has 0 fully saturated rings. The van der Waals surface area contributed by atoms with Crippen molar-refractivity contribution in [3.8, 4) is 5.75 Å². The van der Waals surface area contributed by atoms with Gasteiger partial charge >= 0.3 is 6.09 Å². The molecule has 0 heterocycles. The SMILES string of the molecule is CC(C)(C)C(COc1ccc(I)cc1)(C[C@@H](O)c1cccc(Cl)c1)OC(N)=O. The molecule has 0 saturated heterocycles. The molecule has 0 aliphatic rings. The van der Waals surface area contributed by atoms with E-state index in [9.17, 15) is 9.90 Å². The van der Waals surface area contributed by atoms with E-state index in [1.807, 2.05) is 45.0 Å². The molecule has 0 spiro atoms. The maximum absolute atomic E-state index is 11.7. The summed E-state index contributed by atoms with van der Waals surface area (Å²) in [5.74, 6) is 0.638. The molecule has 0 radical (unpaired) electrons. The van der Waals surface area contributed by atoms with E-state index in [0.717, 1.165) is 3.57 Å². The first-order valence-corrected chi connectivity index (χ1v) is 10.3. The van der Waals surface area contributed by atoms with Crippen LogP contribution in [-0.4, -0.2) is 23.4 Å². The molecule has 2 aromatic carbocycles. The van der Waals surface area contributed by atoms with Crippen molar-refractivity contribution in [1.29, 1.82) is 0 Å². The molecule has 7 heteroatoms. The number of primary amides is 1. The van der Waals surface area contributed by atoms with E-state index in [2.05, 4.69) is 22.6 Å². The summed E-state index contributed by atoms with van der Waals surface area (Å²) in [7, 11) is 0. The zero-order valence-corrected chi connectivity index (χ0v) is 19.0. The molecule has 2 aromatic rings. The van der Waals surface area contributed by atoms with Gasteiger partial charge in [-0.3, -0.25) is 0 Å². The Labute approximate surface area is 184 Å². The molecule has 28 heavy (non-hydrogen) atoms. The monoisotopic (exact) mass is 517 g/mol. The van der Waals surface area contributed by atoms with Crippen LogP contribution in [0.1, 0.15) is 38.9 Å². The molecule has 0 aliphatic carbocycles. The third-order valence-corrected chi connectivity index (χ3v) is 5.66. The fraction of sp³-hybridized carbons (Fsp3) is 0.381. The summed E-state index contributed by atoms with van der Waals surface area (Å²) < 4.78 is 12.6. The maximum Gasteiger partial charge on any atom is 0.405 e. The number of aliphatic hydroxyl groups excluding tert-OH is 1. The average Bonchev–Trinajstić information content (AvgIpc) is 2.59. The molecule has 0 bridgehead atoms. The van der Waals surface area contributed by atoms with Gasteiger partial charge < -0.3 is 20.3 Å².